The molecule has 2 bridgehead atoms. The van der Waals surface area contributed by atoms with Gasteiger partial charge in [-0.05, 0) is 67.3 Å². The molecule has 5 atom stereocenters. The maximum absolute atomic E-state index is 13.8. The number of piperidine rings is 1. The molecule has 2 heterocycles. The second kappa shape index (κ2) is 10.7. The zero-order valence-electron chi connectivity index (χ0n) is 24.4. The van der Waals surface area contributed by atoms with Crippen LogP contribution in [0.2, 0.25) is 0 Å². The number of hydrogen-bond donors (Lipinski definition) is 2. The summed E-state index contributed by atoms with van der Waals surface area (Å²) >= 11 is 0. The van der Waals surface area contributed by atoms with Gasteiger partial charge in [-0.3, -0.25) is 9.69 Å². The number of likely N-dealkylation sites (N-methyl/N-ethyl adjacent to an activating group) is 1. The third kappa shape index (κ3) is 4.51. The number of carbonyl (C=O) groups is 1. The van der Waals surface area contributed by atoms with Gasteiger partial charge in [0.15, 0.2) is 17.3 Å². The van der Waals surface area contributed by atoms with Gasteiger partial charge in [0.1, 0.15) is 12.7 Å². The number of benzene rings is 3. The molecule has 2 unspecified atom stereocenters. The smallest absolute Gasteiger partial charge is 0.218 e. The molecule has 0 amide bonds. The average molecular weight is 603 g/mol. The number of nitrogens with zero attached hydrogens (tertiary/aromatic N) is 2. The third-order valence-corrected chi connectivity index (χ3v) is 12.4. The van der Waals surface area contributed by atoms with Crippen molar-refractivity contribution in [1.29, 1.82) is 0 Å². The van der Waals surface area contributed by atoms with E-state index in [2.05, 4.69) is 29.2 Å². The van der Waals surface area contributed by atoms with Crippen molar-refractivity contribution in [3.8, 4) is 11.5 Å². The summed E-state index contributed by atoms with van der Waals surface area (Å²) in [6.45, 7) is 1.04. The number of Topliss-reactive ketones (excluding diaryl/α,β-unsaturated/α-hetero) is 1. The van der Waals surface area contributed by atoms with E-state index in [0.717, 1.165) is 55.5 Å². The van der Waals surface area contributed by atoms with Gasteiger partial charge < -0.3 is 14.9 Å². The fourth-order valence-corrected chi connectivity index (χ4v) is 10.1. The molecule has 1 saturated heterocycles. The number of ether oxygens (including phenoxy) is 1. The number of aromatic hydroxyl groups is 1. The van der Waals surface area contributed by atoms with Crippen molar-refractivity contribution in [3.63, 3.8) is 0 Å². The van der Waals surface area contributed by atoms with Gasteiger partial charge in [0.25, 0.3) is 0 Å². The van der Waals surface area contributed by atoms with Crippen molar-refractivity contribution in [3.05, 3.63) is 94.5 Å². The van der Waals surface area contributed by atoms with Crippen LogP contribution in [0.1, 0.15) is 51.9 Å². The van der Waals surface area contributed by atoms with E-state index in [1.807, 2.05) is 36.4 Å². The Morgan fingerprint density at radius 2 is 1.77 bits per heavy atom. The predicted octanol–water partition coefficient (Wildman–Crippen LogP) is 3.68. The summed E-state index contributed by atoms with van der Waals surface area (Å²) in [5.41, 5.74) is 3.54. The summed E-state index contributed by atoms with van der Waals surface area (Å²) in [7, 11) is -2.02. The number of carbonyl (C=O) groups excluding carboxylic acids is 1. The van der Waals surface area contributed by atoms with Crippen LogP contribution in [0.4, 0.5) is 0 Å². The van der Waals surface area contributed by atoms with Gasteiger partial charge in [0, 0.05) is 30.6 Å². The van der Waals surface area contributed by atoms with Crippen LogP contribution in [0.25, 0.3) is 0 Å². The number of likely N-dealkylation sites (tertiary alicyclic amines) is 1. The van der Waals surface area contributed by atoms with Crippen LogP contribution < -0.4 is 4.74 Å². The van der Waals surface area contributed by atoms with Crippen LogP contribution in [0, 0.1) is 5.92 Å². The number of rotatable bonds is 9. The maximum atomic E-state index is 13.8. The Bertz CT molecular complexity index is 1650. The summed E-state index contributed by atoms with van der Waals surface area (Å²) in [5.74, 6) is -0.352. The minimum atomic E-state index is -3.67. The highest BCUT2D eigenvalue weighted by Gasteiger charge is 2.67. The standard InChI is InChI=1S/C34H38N2O6S/c1-35(43(40,41)21-23-10-6-3-7-11-23)27-13-12-26-28-19-24-18-25(29(38)20-37)31(39)32-30(24)34(26,33(27)42-32)15-17-36(28)16-14-22-8-4-2-5-9-22/h2-11,18,26-28,33,37,39H,12-17,19-21H2,1H3/t26-,27?,28+,33?,34-/m0/s1. The van der Waals surface area contributed by atoms with E-state index in [-0.39, 0.29) is 29.0 Å². The monoisotopic (exact) mass is 602 g/mol. The number of phenols is 1. The SMILES string of the molecule is CN(C1CC[C@H]2[C@H]3Cc4cc(C(=O)CO)c(O)c5c4[C@@]2(CCN3CCc2ccccc2)C1O5)S(=O)(=O)Cc1ccccc1. The summed E-state index contributed by atoms with van der Waals surface area (Å²) in [6, 6.07) is 21.2. The molecule has 2 aliphatic carbocycles. The number of ketones is 1. The van der Waals surface area contributed by atoms with Gasteiger partial charge in [-0.25, -0.2) is 8.42 Å². The Morgan fingerprint density at radius 1 is 1.07 bits per heavy atom. The van der Waals surface area contributed by atoms with Crippen LogP contribution in [-0.2, 0) is 34.0 Å². The maximum Gasteiger partial charge on any atom is 0.218 e. The van der Waals surface area contributed by atoms with Gasteiger partial charge in [0.05, 0.1) is 17.4 Å². The molecule has 3 aromatic rings. The molecule has 0 radical (unpaired) electrons. The van der Waals surface area contributed by atoms with Gasteiger partial charge in [-0.1, -0.05) is 60.7 Å². The Morgan fingerprint density at radius 3 is 2.47 bits per heavy atom. The highest BCUT2D eigenvalue weighted by molar-refractivity contribution is 7.88. The van der Waals surface area contributed by atoms with Crippen molar-refractivity contribution in [1.82, 2.24) is 9.21 Å². The van der Waals surface area contributed by atoms with Crippen molar-refractivity contribution in [2.24, 2.45) is 5.92 Å². The molecule has 2 aliphatic heterocycles. The molecule has 8 nitrogen and oxygen atoms in total. The minimum Gasteiger partial charge on any atom is -0.504 e. The quantitative estimate of drug-likeness (QED) is 0.360. The molecule has 3 aromatic carbocycles. The van der Waals surface area contributed by atoms with Crippen LogP contribution in [-0.4, -0.2) is 78.6 Å². The van der Waals surface area contributed by atoms with E-state index < -0.39 is 40.0 Å². The highest BCUT2D eigenvalue weighted by Crippen LogP contribution is 2.64. The largest absolute Gasteiger partial charge is 0.504 e. The Balaban J connectivity index is 1.27. The molecule has 7 rings (SSSR count). The Hall–Kier alpha value is -3.24. The molecule has 226 valence electrons. The molecular formula is C34H38N2O6S. The molecule has 2 N–H and O–H groups in total. The van der Waals surface area contributed by atoms with Crippen LogP contribution in [0.15, 0.2) is 66.7 Å². The van der Waals surface area contributed by atoms with E-state index in [1.165, 1.54) is 9.87 Å². The van der Waals surface area contributed by atoms with Gasteiger partial charge in [-0.15, -0.1) is 0 Å². The summed E-state index contributed by atoms with van der Waals surface area (Å²) in [5, 5.41) is 21.0. The molecule has 43 heavy (non-hydrogen) atoms. The van der Waals surface area contributed by atoms with Gasteiger partial charge in [-0.2, -0.15) is 4.31 Å². The lowest BCUT2D eigenvalue weighted by Gasteiger charge is -2.60. The van der Waals surface area contributed by atoms with E-state index in [1.54, 1.807) is 13.1 Å². The Kier molecular flexibility index (Phi) is 7.12. The first-order valence-corrected chi connectivity index (χ1v) is 16.8. The molecule has 1 spiro atoms. The second-order valence-electron chi connectivity index (χ2n) is 12.6. The highest BCUT2D eigenvalue weighted by atomic mass is 32.2. The van der Waals surface area contributed by atoms with E-state index >= 15 is 0 Å². The first-order valence-electron chi connectivity index (χ1n) is 15.2. The fraction of sp³-hybridized carbons (Fsp3) is 0.441. The minimum absolute atomic E-state index is 0.0697. The lowest BCUT2D eigenvalue weighted by atomic mass is 9.51. The molecule has 4 aliphatic rings. The Labute approximate surface area is 253 Å². The van der Waals surface area contributed by atoms with E-state index in [4.69, 9.17) is 4.74 Å². The number of sulfonamides is 1. The molecule has 0 aromatic heterocycles. The lowest BCUT2D eigenvalue weighted by molar-refractivity contribution is -0.0739. The number of aliphatic hydroxyl groups excluding tert-OH is 1. The molecule has 9 heteroatoms. The van der Waals surface area contributed by atoms with Crippen molar-refractivity contribution < 1.29 is 28.2 Å². The van der Waals surface area contributed by atoms with Crippen LogP contribution in [0.3, 0.4) is 0 Å². The van der Waals surface area contributed by atoms with E-state index in [9.17, 15) is 23.4 Å². The average Bonchev–Trinajstić information content (AvgIpc) is 3.37. The topological polar surface area (TPSA) is 107 Å². The van der Waals surface area contributed by atoms with Crippen LogP contribution in [0.5, 0.6) is 11.5 Å². The van der Waals surface area contributed by atoms with E-state index in [0.29, 0.717) is 12.2 Å². The summed E-state index contributed by atoms with van der Waals surface area (Å²) < 4.78 is 35.7. The second-order valence-corrected chi connectivity index (χ2v) is 14.6. The molecular weight excluding hydrogens is 564 g/mol. The zero-order chi connectivity index (χ0) is 29.9. The zero-order valence-corrected chi connectivity index (χ0v) is 25.2. The van der Waals surface area contributed by atoms with Crippen LogP contribution >= 0.6 is 0 Å². The summed E-state index contributed by atoms with van der Waals surface area (Å²) in [6.07, 6.45) is 3.44. The number of hydrogen-bond acceptors (Lipinski definition) is 7. The van der Waals surface area contributed by atoms with Crippen molar-refractivity contribution >= 4 is 15.8 Å². The third-order valence-electron chi connectivity index (χ3n) is 10.6. The van der Waals surface area contributed by atoms with Gasteiger partial charge in [0.2, 0.25) is 10.0 Å². The number of aliphatic hydroxyl groups is 1. The van der Waals surface area contributed by atoms with Gasteiger partial charge >= 0.3 is 0 Å². The fourth-order valence-electron chi connectivity index (χ4n) is 8.63. The predicted molar refractivity (Wildman–Crippen MR) is 163 cm³/mol. The lowest BCUT2D eigenvalue weighted by Crippen LogP contribution is -2.69. The number of phenolic OH excluding ortho intramolecular Hbond substituents is 1. The normalized spacial score (nSPS) is 27.5. The van der Waals surface area contributed by atoms with Crippen molar-refractivity contribution in [2.75, 3.05) is 26.7 Å². The van der Waals surface area contributed by atoms with Crippen molar-refractivity contribution in [2.45, 2.75) is 61.5 Å². The summed E-state index contributed by atoms with van der Waals surface area (Å²) in [4.78, 5) is 15.3. The molecule has 2 fully saturated rings. The first-order chi connectivity index (χ1) is 20.7. The first kappa shape index (κ1) is 28.5. The molecule has 1 saturated carbocycles.